The largest absolute Gasteiger partial charge is 0.496 e. The van der Waals surface area contributed by atoms with Gasteiger partial charge in [0.05, 0.1) is 12.8 Å². The van der Waals surface area contributed by atoms with E-state index in [1.807, 2.05) is 24.4 Å². The van der Waals surface area contributed by atoms with Gasteiger partial charge in [-0.3, -0.25) is 4.98 Å². The molecule has 1 aromatic carbocycles. The van der Waals surface area contributed by atoms with Gasteiger partial charge in [0.25, 0.3) is 0 Å². The predicted octanol–water partition coefficient (Wildman–Crippen LogP) is 4.81. The summed E-state index contributed by atoms with van der Waals surface area (Å²) < 4.78 is 5.52. The summed E-state index contributed by atoms with van der Waals surface area (Å²) in [6, 6.07) is 12.5. The lowest BCUT2D eigenvalue weighted by molar-refractivity contribution is 0.413. The number of hydrogen-bond acceptors (Lipinski definition) is 3. The predicted molar refractivity (Wildman–Crippen MR) is 91.3 cm³/mol. The molecule has 2 nitrogen and oxygen atoms in total. The van der Waals surface area contributed by atoms with Crippen LogP contribution in [0.4, 0.5) is 0 Å². The summed E-state index contributed by atoms with van der Waals surface area (Å²) in [6.07, 6.45) is 5.10. The first-order valence-corrected chi connectivity index (χ1v) is 8.16. The summed E-state index contributed by atoms with van der Waals surface area (Å²) in [7, 11) is 1.72. The first-order chi connectivity index (χ1) is 10.9. The summed E-state index contributed by atoms with van der Waals surface area (Å²) in [5, 5.41) is 4.25. The molecule has 0 radical (unpaired) electrons. The van der Waals surface area contributed by atoms with Crippen LogP contribution in [0, 0.1) is 0 Å². The van der Waals surface area contributed by atoms with Gasteiger partial charge in [-0.15, -0.1) is 0 Å². The molecule has 1 aliphatic carbocycles. The van der Waals surface area contributed by atoms with Crippen molar-refractivity contribution in [3.05, 3.63) is 76.3 Å². The number of methoxy groups -OCH3 is 1. The molecule has 0 saturated heterocycles. The van der Waals surface area contributed by atoms with E-state index in [2.05, 4.69) is 40.0 Å². The Bertz CT molecular complexity index is 850. The fraction of sp³-hybridized carbons (Fsp3) is 0.105. The Balaban J connectivity index is 1.83. The Labute approximate surface area is 133 Å². The Kier molecular flexibility index (Phi) is 3.28. The molecule has 0 fully saturated rings. The smallest absolute Gasteiger partial charge is 0.126 e. The second-order valence-electron chi connectivity index (χ2n) is 5.25. The molecule has 0 aliphatic heterocycles. The molecule has 0 amide bonds. The van der Waals surface area contributed by atoms with Crippen LogP contribution in [0.5, 0.6) is 5.75 Å². The zero-order chi connectivity index (χ0) is 14.9. The molecule has 1 aliphatic rings. The van der Waals surface area contributed by atoms with E-state index in [0.29, 0.717) is 0 Å². The fourth-order valence-electron chi connectivity index (χ4n) is 2.91. The second-order valence-corrected chi connectivity index (χ2v) is 6.03. The Hall–Kier alpha value is -2.39. The van der Waals surface area contributed by atoms with Crippen LogP contribution in [-0.2, 0) is 6.42 Å². The van der Waals surface area contributed by atoms with Gasteiger partial charge in [0.2, 0.25) is 0 Å². The Morgan fingerprint density at radius 3 is 2.82 bits per heavy atom. The van der Waals surface area contributed by atoms with Crippen LogP contribution >= 0.6 is 11.3 Å². The van der Waals surface area contributed by atoms with Crippen molar-refractivity contribution in [1.82, 2.24) is 4.98 Å². The number of thiophene rings is 1. The zero-order valence-corrected chi connectivity index (χ0v) is 13.1. The molecule has 0 saturated carbocycles. The fourth-order valence-corrected chi connectivity index (χ4v) is 3.57. The third kappa shape index (κ3) is 2.14. The molecular weight excluding hydrogens is 290 g/mol. The number of para-hydroxylation sites is 1. The lowest BCUT2D eigenvalue weighted by Gasteiger charge is -2.11. The van der Waals surface area contributed by atoms with Gasteiger partial charge in [-0.05, 0) is 40.1 Å². The topological polar surface area (TPSA) is 22.1 Å². The van der Waals surface area contributed by atoms with E-state index in [1.54, 1.807) is 18.4 Å². The molecule has 108 valence electrons. The molecule has 22 heavy (non-hydrogen) atoms. The minimum absolute atomic E-state index is 0.882. The summed E-state index contributed by atoms with van der Waals surface area (Å²) in [6.45, 7) is 0. The van der Waals surface area contributed by atoms with Crippen molar-refractivity contribution in [2.24, 2.45) is 0 Å². The third-order valence-electron chi connectivity index (χ3n) is 4.01. The number of fused-ring (bicyclic) bond motifs is 1. The maximum Gasteiger partial charge on any atom is 0.126 e. The van der Waals surface area contributed by atoms with Gasteiger partial charge >= 0.3 is 0 Å². The molecule has 0 bridgehead atoms. The third-order valence-corrected chi connectivity index (χ3v) is 4.69. The second kappa shape index (κ2) is 5.43. The first kappa shape index (κ1) is 13.3. The number of aromatic nitrogens is 1. The van der Waals surface area contributed by atoms with E-state index in [0.717, 1.165) is 23.4 Å². The van der Waals surface area contributed by atoms with Gasteiger partial charge in [0.15, 0.2) is 0 Å². The summed E-state index contributed by atoms with van der Waals surface area (Å²) >= 11 is 1.71. The van der Waals surface area contributed by atoms with Crippen LogP contribution < -0.4 is 4.74 Å². The molecule has 0 unspecified atom stereocenters. The minimum Gasteiger partial charge on any atom is -0.496 e. The first-order valence-electron chi connectivity index (χ1n) is 7.22. The van der Waals surface area contributed by atoms with E-state index in [4.69, 9.17) is 4.74 Å². The van der Waals surface area contributed by atoms with Gasteiger partial charge in [-0.1, -0.05) is 24.3 Å². The van der Waals surface area contributed by atoms with Crippen LogP contribution in [-0.4, -0.2) is 12.1 Å². The molecule has 4 rings (SSSR count). The molecule has 2 heterocycles. The molecular formula is C19H15NOS. The number of pyridine rings is 1. The van der Waals surface area contributed by atoms with E-state index in [1.165, 1.54) is 22.3 Å². The van der Waals surface area contributed by atoms with Crippen LogP contribution in [0.1, 0.15) is 16.8 Å². The number of nitrogens with zero attached hydrogens (tertiary/aromatic N) is 1. The van der Waals surface area contributed by atoms with E-state index < -0.39 is 0 Å². The van der Waals surface area contributed by atoms with Gasteiger partial charge < -0.3 is 4.74 Å². The number of ether oxygens (including phenoxy) is 1. The van der Waals surface area contributed by atoms with Crippen molar-refractivity contribution in [2.75, 3.05) is 7.11 Å². The normalized spacial score (nSPS) is 12.9. The average molecular weight is 305 g/mol. The molecule has 0 N–H and O–H groups in total. The SMILES string of the molecule is COc1ccccc1C1=CCc2ncc(-c3ccsc3)cc21. The summed E-state index contributed by atoms with van der Waals surface area (Å²) in [4.78, 5) is 4.66. The van der Waals surface area contributed by atoms with E-state index in [9.17, 15) is 0 Å². The van der Waals surface area contributed by atoms with Crippen molar-refractivity contribution in [3.63, 3.8) is 0 Å². The van der Waals surface area contributed by atoms with Crippen molar-refractivity contribution in [2.45, 2.75) is 6.42 Å². The monoisotopic (exact) mass is 305 g/mol. The quantitative estimate of drug-likeness (QED) is 0.693. The Morgan fingerprint density at radius 2 is 2.00 bits per heavy atom. The average Bonchev–Trinajstić information content (AvgIpc) is 3.23. The lowest BCUT2D eigenvalue weighted by Crippen LogP contribution is -1.94. The molecule has 0 spiro atoms. The summed E-state index contributed by atoms with van der Waals surface area (Å²) in [5.41, 5.74) is 7.10. The highest BCUT2D eigenvalue weighted by molar-refractivity contribution is 7.08. The van der Waals surface area contributed by atoms with Crippen LogP contribution in [0.3, 0.4) is 0 Å². The number of benzene rings is 1. The van der Waals surface area contributed by atoms with E-state index >= 15 is 0 Å². The highest BCUT2D eigenvalue weighted by Gasteiger charge is 2.20. The molecule has 0 atom stereocenters. The molecule has 3 aromatic rings. The lowest BCUT2D eigenvalue weighted by atomic mass is 9.98. The van der Waals surface area contributed by atoms with E-state index in [-0.39, 0.29) is 0 Å². The number of rotatable bonds is 3. The minimum atomic E-state index is 0.882. The maximum atomic E-state index is 5.52. The van der Waals surface area contributed by atoms with Crippen molar-refractivity contribution in [3.8, 4) is 16.9 Å². The molecule has 2 aromatic heterocycles. The van der Waals surface area contributed by atoms with Gasteiger partial charge in [-0.25, -0.2) is 0 Å². The number of allylic oxidation sites excluding steroid dienone is 1. The standard InChI is InChI=1S/C19H15NOS/c1-21-19-5-3-2-4-16(19)15-6-7-18-17(15)10-14(11-20-18)13-8-9-22-12-13/h2-6,8-12H,7H2,1H3. The Morgan fingerprint density at radius 1 is 1.09 bits per heavy atom. The van der Waals surface area contributed by atoms with Gasteiger partial charge in [-0.2, -0.15) is 11.3 Å². The maximum absolute atomic E-state index is 5.52. The van der Waals surface area contributed by atoms with Crippen LogP contribution in [0.25, 0.3) is 16.7 Å². The highest BCUT2D eigenvalue weighted by atomic mass is 32.1. The van der Waals surface area contributed by atoms with Gasteiger partial charge in [0, 0.05) is 29.3 Å². The number of hydrogen-bond donors (Lipinski definition) is 0. The highest BCUT2D eigenvalue weighted by Crippen LogP contribution is 2.38. The van der Waals surface area contributed by atoms with Gasteiger partial charge in [0.1, 0.15) is 5.75 Å². The van der Waals surface area contributed by atoms with Crippen molar-refractivity contribution < 1.29 is 4.74 Å². The van der Waals surface area contributed by atoms with Crippen molar-refractivity contribution >= 4 is 16.9 Å². The van der Waals surface area contributed by atoms with Crippen molar-refractivity contribution in [1.29, 1.82) is 0 Å². The van der Waals surface area contributed by atoms with Crippen LogP contribution in [0.2, 0.25) is 0 Å². The summed E-state index contributed by atoms with van der Waals surface area (Å²) in [5.74, 6) is 0.905. The zero-order valence-electron chi connectivity index (χ0n) is 12.2. The molecule has 3 heteroatoms. The van der Waals surface area contributed by atoms with Crippen LogP contribution in [0.15, 0.2) is 59.4 Å².